The van der Waals surface area contributed by atoms with E-state index >= 15 is 0 Å². The third-order valence-electron chi connectivity index (χ3n) is 5.30. The molecule has 2 heteroatoms. The van der Waals surface area contributed by atoms with E-state index in [1.165, 1.54) is 49.8 Å². The highest BCUT2D eigenvalue weighted by atomic mass is 32.2. The summed E-state index contributed by atoms with van der Waals surface area (Å²) >= 11 is 2.14. The van der Waals surface area contributed by atoms with Crippen LogP contribution < -0.4 is 5.32 Å². The number of benzene rings is 1. The van der Waals surface area contributed by atoms with Gasteiger partial charge >= 0.3 is 0 Å². The van der Waals surface area contributed by atoms with Crippen molar-refractivity contribution >= 4 is 11.8 Å². The van der Waals surface area contributed by atoms with Crippen LogP contribution in [0.5, 0.6) is 0 Å². The molecule has 0 bridgehead atoms. The van der Waals surface area contributed by atoms with Crippen LogP contribution in [0.25, 0.3) is 0 Å². The van der Waals surface area contributed by atoms with Crippen LogP contribution in [0.3, 0.4) is 0 Å². The highest BCUT2D eigenvalue weighted by molar-refractivity contribution is 8.00. The Morgan fingerprint density at radius 2 is 2.00 bits per heavy atom. The molecule has 0 aliphatic heterocycles. The molecular formula is C19H29NS. The summed E-state index contributed by atoms with van der Waals surface area (Å²) in [6, 6.07) is 7.93. The zero-order chi connectivity index (χ0) is 14.7. The van der Waals surface area contributed by atoms with Gasteiger partial charge in [-0.3, -0.25) is 0 Å². The van der Waals surface area contributed by atoms with Gasteiger partial charge in [-0.2, -0.15) is 0 Å². The first kappa shape index (κ1) is 15.4. The molecule has 1 aromatic carbocycles. The number of aryl methyl sites for hydroxylation is 2. The normalized spacial score (nSPS) is 28.6. The smallest absolute Gasteiger partial charge is 0.0251 e. The van der Waals surface area contributed by atoms with Crippen molar-refractivity contribution in [3.05, 3.63) is 29.3 Å². The highest BCUT2D eigenvalue weighted by Crippen LogP contribution is 2.38. The zero-order valence-electron chi connectivity index (χ0n) is 13.5. The molecule has 3 atom stereocenters. The number of nitrogens with one attached hydrogen (secondary N) is 1. The molecule has 116 valence electrons. The van der Waals surface area contributed by atoms with Gasteiger partial charge < -0.3 is 5.32 Å². The van der Waals surface area contributed by atoms with Gasteiger partial charge in [-0.1, -0.05) is 26.3 Å². The van der Waals surface area contributed by atoms with Crippen LogP contribution in [0.2, 0.25) is 0 Å². The minimum absolute atomic E-state index is 0.705. The maximum atomic E-state index is 3.73. The topological polar surface area (TPSA) is 12.0 Å². The fraction of sp³-hybridized carbons (Fsp3) is 0.684. The molecule has 1 saturated carbocycles. The molecule has 3 rings (SSSR count). The summed E-state index contributed by atoms with van der Waals surface area (Å²) in [5.41, 5.74) is 3.21. The van der Waals surface area contributed by atoms with Gasteiger partial charge in [0.1, 0.15) is 0 Å². The first-order chi connectivity index (χ1) is 10.3. The summed E-state index contributed by atoms with van der Waals surface area (Å²) in [6.07, 6.45) is 9.44. The Bertz CT molecular complexity index is 471. The van der Waals surface area contributed by atoms with E-state index in [0.717, 1.165) is 17.7 Å². The molecule has 1 nitrogen and oxygen atoms in total. The van der Waals surface area contributed by atoms with Crippen LogP contribution in [0.4, 0.5) is 0 Å². The van der Waals surface area contributed by atoms with Crippen molar-refractivity contribution in [2.45, 2.75) is 75.0 Å². The van der Waals surface area contributed by atoms with Crippen molar-refractivity contribution in [3.63, 3.8) is 0 Å². The third-order valence-corrected chi connectivity index (χ3v) is 6.65. The summed E-state index contributed by atoms with van der Waals surface area (Å²) in [6.45, 7) is 5.70. The lowest BCUT2D eigenvalue weighted by Crippen LogP contribution is -2.42. The Morgan fingerprint density at radius 1 is 1.14 bits per heavy atom. The molecule has 1 fully saturated rings. The fourth-order valence-electron chi connectivity index (χ4n) is 4.00. The van der Waals surface area contributed by atoms with Crippen LogP contribution >= 0.6 is 11.8 Å². The minimum atomic E-state index is 0.705. The van der Waals surface area contributed by atoms with E-state index in [-0.39, 0.29) is 0 Å². The monoisotopic (exact) mass is 303 g/mol. The molecule has 1 N–H and O–H groups in total. The van der Waals surface area contributed by atoms with E-state index in [4.69, 9.17) is 0 Å². The summed E-state index contributed by atoms with van der Waals surface area (Å²) in [5, 5.41) is 4.48. The van der Waals surface area contributed by atoms with E-state index in [1.54, 1.807) is 11.1 Å². The van der Waals surface area contributed by atoms with E-state index < -0.39 is 0 Å². The number of hydrogen-bond acceptors (Lipinski definition) is 2. The van der Waals surface area contributed by atoms with E-state index in [0.29, 0.717) is 6.04 Å². The van der Waals surface area contributed by atoms with Crippen molar-refractivity contribution in [2.75, 3.05) is 6.54 Å². The van der Waals surface area contributed by atoms with Crippen LogP contribution in [0.15, 0.2) is 23.1 Å². The lowest BCUT2D eigenvalue weighted by atomic mass is 9.84. The van der Waals surface area contributed by atoms with Gasteiger partial charge in [-0.15, -0.1) is 11.8 Å². The highest BCUT2D eigenvalue weighted by Gasteiger charge is 2.30. The second-order valence-corrected chi connectivity index (χ2v) is 8.00. The van der Waals surface area contributed by atoms with Crippen molar-refractivity contribution in [2.24, 2.45) is 5.92 Å². The summed E-state index contributed by atoms with van der Waals surface area (Å²) in [7, 11) is 0. The Labute approximate surface area is 134 Å². The van der Waals surface area contributed by atoms with Crippen LogP contribution in [-0.4, -0.2) is 17.8 Å². The molecule has 0 spiro atoms. The molecule has 1 aromatic rings. The molecule has 0 amide bonds. The molecule has 0 heterocycles. The fourth-order valence-corrected chi connectivity index (χ4v) is 5.48. The zero-order valence-corrected chi connectivity index (χ0v) is 14.3. The maximum Gasteiger partial charge on any atom is 0.0251 e. The van der Waals surface area contributed by atoms with Gasteiger partial charge in [-0.25, -0.2) is 0 Å². The van der Waals surface area contributed by atoms with Crippen LogP contribution in [0.1, 0.15) is 57.1 Å². The predicted molar refractivity (Wildman–Crippen MR) is 93.2 cm³/mol. The Hall–Kier alpha value is -0.470. The van der Waals surface area contributed by atoms with E-state index in [9.17, 15) is 0 Å². The third kappa shape index (κ3) is 3.65. The lowest BCUT2D eigenvalue weighted by molar-refractivity contribution is 0.298. The molecule has 0 saturated heterocycles. The first-order valence-corrected chi connectivity index (χ1v) is 9.70. The number of rotatable bonds is 5. The van der Waals surface area contributed by atoms with Gasteiger partial charge in [0.05, 0.1) is 0 Å². The van der Waals surface area contributed by atoms with Gasteiger partial charge in [0.25, 0.3) is 0 Å². The van der Waals surface area contributed by atoms with Crippen LogP contribution in [-0.2, 0) is 12.8 Å². The molecule has 2 aliphatic carbocycles. The SMILES string of the molecule is CCNC1CCC(CC)CC1Sc1ccc2c(c1)CCC2. The standard InChI is InChI=1S/C19H29NS/c1-3-14-8-11-18(20-4-2)19(12-14)21-17-10-9-15-6-5-7-16(15)13-17/h9-10,13-14,18-20H,3-8,11-12H2,1-2H3. The Kier molecular flexibility index (Phi) is 5.29. The molecule has 3 unspecified atom stereocenters. The lowest BCUT2D eigenvalue weighted by Gasteiger charge is -2.36. The maximum absolute atomic E-state index is 3.73. The number of hydrogen-bond donors (Lipinski definition) is 1. The van der Waals surface area contributed by atoms with Gasteiger partial charge in [0.15, 0.2) is 0 Å². The van der Waals surface area contributed by atoms with Crippen LogP contribution in [0, 0.1) is 5.92 Å². The Morgan fingerprint density at radius 3 is 2.81 bits per heavy atom. The second-order valence-electron chi connectivity index (χ2n) is 6.69. The second kappa shape index (κ2) is 7.19. The quantitative estimate of drug-likeness (QED) is 0.836. The average molecular weight is 304 g/mol. The number of thioether (sulfide) groups is 1. The number of fused-ring (bicyclic) bond motifs is 1. The predicted octanol–water partition coefficient (Wildman–Crippen LogP) is 4.82. The van der Waals surface area contributed by atoms with Crippen molar-refractivity contribution in [3.8, 4) is 0 Å². The molecule has 0 aromatic heterocycles. The van der Waals surface area contributed by atoms with Gasteiger partial charge in [0, 0.05) is 16.2 Å². The van der Waals surface area contributed by atoms with Crippen molar-refractivity contribution < 1.29 is 0 Å². The van der Waals surface area contributed by atoms with Crippen molar-refractivity contribution in [1.29, 1.82) is 0 Å². The Balaban J connectivity index is 1.70. The largest absolute Gasteiger partial charge is 0.313 e. The summed E-state index contributed by atoms with van der Waals surface area (Å²) in [4.78, 5) is 1.50. The van der Waals surface area contributed by atoms with Gasteiger partial charge in [0.2, 0.25) is 0 Å². The summed E-state index contributed by atoms with van der Waals surface area (Å²) < 4.78 is 0. The van der Waals surface area contributed by atoms with E-state index in [2.05, 4.69) is 49.1 Å². The molecule has 0 radical (unpaired) electrons. The first-order valence-electron chi connectivity index (χ1n) is 8.82. The van der Waals surface area contributed by atoms with Gasteiger partial charge in [-0.05, 0) is 74.2 Å². The molecule has 2 aliphatic rings. The minimum Gasteiger partial charge on any atom is -0.313 e. The van der Waals surface area contributed by atoms with Crippen molar-refractivity contribution in [1.82, 2.24) is 5.32 Å². The average Bonchev–Trinajstić information content (AvgIpc) is 2.97. The molecular weight excluding hydrogens is 274 g/mol. The molecule has 21 heavy (non-hydrogen) atoms. The van der Waals surface area contributed by atoms with E-state index in [1.807, 2.05) is 0 Å². The summed E-state index contributed by atoms with van der Waals surface area (Å²) in [5.74, 6) is 0.937.